The van der Waals surface area contributed by atoms with Gasteiger partial charge in [-0.3, -0.25) is 0 Å². The van der Waals surface area contributed by atoms with Crippen molar-refractivity contribution in [3.63, 3.8) is 0 Å². The second-order valence-electron chi connectivity index (χ2n) is 5.78. The number of nitrogens with one attached hydrogen (secondary N) is 1. The fourth-order valence-electron chi connectivity index (χ4n) is 3.07. The Kier molecular flexibility index (Phi) is 7.96. The second-order valence-corrected chi connectivity index (χ2v) is 5.78. The highest BCUT2D eigenvalue weighted by Gasteiger charge is 2.32. The fourth-order valence-corrected chi connectivity index (χ4v) is 3.07. The average molecular weight is 271 g/mol. The molecule has 0 spiro atoms. The lowest BCUT2D eigenvalue weighted by Crippen LogP contribution is -2.50. The Morgan fingerprint density at radius 3 is 2.68 bits per heavy atom. The van der Waals surface area contributed by atoms with Crippen molar-refractivity contribution in [2.75, 3.05) is 19.8 Å². The lowest BCUT2D eigenvalue weighted by Gasteiger charge is -2.37. The smallest absolute Gasteiger partial charge is 0.0803 e. The van der Waals surface area contributed by atoms with Gasteiger partial charge >= 0.3 is 0 Å². The summed E-state index contributed by atoms with van der Waals surface area (Å²) in [6.45, 7) is 11.5. The molecule has 0 amide bonds. The molecular weight excluding hydrogens is 238 g/mol. The molecule has 114 valence electrons. The SMILES string of the molecule is CCNC(CCCC1CCCO1)C(C)(CC)OCC. The summed E-state index contributed by atoms with van der Waals surface area (Å²) in [6, 6.07) is 0.448. The summed E-state index contributed by atoms with van der Waals surface area (Å²) >= 11 is 0. The Labute approximate surface area is 119 Å². The molecule has 3 nitrogen and oxygen atoms in total. The largest absolute Gasteiger partial charge is 0.378 e. The van der Waals surface area contributed by atoms with Crippen LogP contribution in [-0.2, 0) is 9.47 Å². The van der Waals surface area contributed by atoms with Crippen molar-refractivity contribution in [3.8, 4) is 0 Å². The van der Waals surface area contributed by atoms with Crippen molar-refractivity contribution in [1.82, 2.24) is 5.32 Å². The van der Waals surface area contributed by atoms with Gasteiger partial charge in [0, 0.05) is 19.3 Å². The molecule has 1 N–H and O–H groups in total. The first-order valence-electron chi connectivity index (χ1n) is 8.15. The standard InChI is InChI=1S/C16H33NO2/c1-5-16(4,19-7-3)15(17-6-2)12-8-10-14-11-9-13-18-14/h14-15,17H,5-13H2,1-4H3. The van der Waals surface area contributed by atoms with Crippen molar-refractivity contribution < 1.29 is 9.47 Å². The van der Waals surface area contributed by atoms with Crippen molar-refractivity contribution in [2.24, 2.45) is 0 Å². The van der Waals surface area contributed by atoms with E-state index in [2.05, 4.69) is 33.0 Å². The number of likely N-dealkylation sites (N-methyl/N-ethyl adjacent to an activating group) is 1. The molecule has 0 bridgehead atoms. The Balaban J connectivity index is 2.41. The number of hydrogen-bond donors (Lipinski definition) is 1. The van der Waals surface area contributed by atoms with Crippen molar-refractivity contribution in [1.29, 1.82) is 0 Å². The highest BCUT2D eigenvalue weighted by molar-refractivity contribution is 4.88. The van der Waals surface area contributed by atoms with E-state index < -0.39 is 0 Å². The molecule has 0 aromatic rings. The molecule has 19 heavy (non-hydrogen) atoms. The highest BCUT2D eigenvalue weighted by atomic mass is 16.5. The predicted octanol–water partition coefficient (Wildman–Crippen LogP) is 3.52. The maximum Gasteiger partial charge on any atom is 0.0803 e. The predicted molar refractivity (Wildman–Crippen MR) is 80.6 cm³/mol. The summed E-state index contributed by atoms with van der Waals surface area (Å²) in [5, 5.41) is 3.62. The molecule has 3 unspecified atom stereocenters. The third-order valence-electron chi connectivity index (χ3n) is 4.41. The molecule has 0 saturated carbocycles. The number of ether oxygens (including phenoxy) is 2. The van der Waals surface area contributed by atoms with Gasteiger partial charge in [0.2, 0.25) is 0 Å². The second kappa shape index (κ2) is 8.93. The van der Waals surface area contributed by atoms with E-state index in [1.54, 1.807) is 0 Å². The first-order valence-corrected chi connectivity index (χ1v) is 8.15. The third kappa shape index (κ3) is 5.41. The summed E-state index contributed by atoms with van der Waals surface area (Å²) in [4.78, 5) is 0. The Hall–Kier alpha value is -0.120. The molecule has 1 fully saturated rings. The topological polar surface area (TPSA) is 30.5 Å². The summed E-state index contributed by atoms with van der Waals surface area (Å²) in [7, 11) is 0. The Morgan fingerprint density at radius 1 is 1.37 bits per heavy atom. The zero-order valence-corrected chi connectivity index (χ0v) is 13.3. The molecule has 0 radical (unpaired) electrons. The first-order chi connectivity index (χ1) is 9.16. The van der Waals surface area contributed by atoms with Gasteiger partial charge in [0.25, 0.3) is 0 Å². The number of hydrogen-bond acceptors (Lipinski definition) is 3. The zero-order chi connectivity index (χ0) is 14.1. The van der Waals surface area contributed by atoms with E-state index in [4.69, 9.17) is 9.47 Å². The highest BCUT2D eigenvalue weighted by Crippen LogP contribution is 2.25. The van der Waals surface area contributed by atoms with Crippen LogP contribution in [0.3, 0.4) is 0 Å². The quantitative estimate of drug-likeness (QED) is 0.659. The minimum Gasteiger partial charge on any atom is -0.378 e. The van der Waals surface area contributed by atoms with Crippen molar-refractivity contribution >= 4 is 0 Å². The maximum atomic E-state index is 6.02. The van der Waals surface area contributed by atoms with Crippen LogP contribution >= 0.6 is 0 Å². The summed E-state index contributed by atoms with van der Waals surface area (Å²) in [5.41, 5.74) is -0.0404. The fraction of sp³-hybridized carbons (Fsp3) is 1.00. The van der Waals surface area contributed by atoms with Crippen LogP contribution in [0.4, 0.5) is 0 Å². The van der Waals surface area contributed by atoms with Crippen LogP contribution in [-0.4, -0.2) is 37.5 Å². The minimum absolute atomic E-state index is 0.0404. The lowest BCUT2D eigenvalue weighted by atomic mass is 9.88. The van der Waals surface area contributed by atoms with Gasteiger partial charge in [-0.25, -0.2) is 0 Å². The van der Waals surface area contributed by atoms with Gasteiger partial charge in [-0.05, 0) is 58.9 Å². The van der Waals surface area contributed by atoms with Crippen LogP contribution in [0.5, 0.6) is 0 Å². The molecule has 1 aliphatic heterocycles. The van der Waals surface area contributed by atoms with E-state index in [0.717, 1.165) is 26.2 Å². The van der Waals surface area contributed by atoms with E-state index in [0.29, 0.717) is 12.1 Å². The van der Waals surface area contributed by atoms with Crippen LogP contribution in [0.15, 0.2) is 0 Å². The molecule has 1 rings (SSSR count). The molecule has 0 aliphatic carbocycles. The van der Waals surface area contributed by atoms with Gasteiger partial charge in [0.1, 0.15) is 0 Å². The van der Waals surface area contributed by atoms with E-state index in [-0.39, 0.29) is 5.60 Å². The van der Waals surface area contributed by atoms with Crippen LogP contribution < -0.4 is 5.32 Å². The molecule has 0 aromatic carbocycles. The molecular formula is C16H33NO2. The molecule has 1 aliphatic rings. The summed E-state index contributed by atoms with van der Waals surface area (Å²) < 4.78 is 11.7. The minimum atomic E-state index is -0.0404. The van der Waals surface area contributed by atoms with E-state index in [1.807, 2.05) is 0 Å². The molecule has 3 atom stereocenters. The van der Waals surface area contributed by atoms with Gasteiger partial charge in [0.05, 0.1) is 11.7 Å². The monoisotopic (exact) mass is 271 g/mol. The summed E-state index contributed by atoms with van der Waals surface area (Å²) in [6.07, 6.45) is 7.67. The van der Waals surface area contributed by atoms with E-state index >= 15 is 0 Å². The van der Waals surface area contributed by atoms with Gasteiger partial charge in [0.15, 0.2) is 0 Å². The lowest BCUT2D eigenvalue weighted by molar-refractivity contribution is -0.0576. The molecule has 3 heteroatoms. The zero-order valence-electron chi connectivity index (χ0n) is 13.3. The van der Waals surface area contributed by atoms with Crippen molar-refractivity contribution in [3.05, 3.63) is 0 Å². The Morgan fingerprint density at radius 2 is 2.16 bits per heavy atom. The summed E-state index contributed by atoms with van der Waals surface area (Å²) in [5.74, 6) is 0. The normalized spacial score (nSPS) is 24.3. The van der Waals surface area contributed by atoms with Crippen LogP contribution in [0, 0.1) is 0 Å². The van der Waals surface area contributed by atoms with Crippen LogP contribution in [0.25, 0.3) is 0 Å². The van der Waals surface area contributed by atoms with E-state index in [9.17, 15) is 0 Å². The van der Waals surface area contributed by atoms with Crippen molar-refractivity contribution in [2.45, 2.75) is 84.0 Å². The maximum absolute atomic E-state index is 6.02. The van der Waals surface area contributed by atoms with Gasteiger partial charge < -0.3 is 14.8 Å². The first kappa shape index (κ1) is 16.9. The van der Waals surface area contributed by atoms with E-state index in [1.165, 1.54) is 32.1 Å². The van der Waals surface area contributed by atoms with Crippen LogP contribution in [0.2, 0.25) is 0 Å². The molecule has 1 saturated heterocycles. The van der Waals surface area contributed by atoms with Gasteiger partial charge in [-0.15, -0.1) is 0 Å². The third-order valence-corrected chi connectivity index (χ3v) is 4.41. The van der Waals surface area contributed by atoms with Gasteiger partial charge in [-0.2, -0.15) is 0 Å². The Bertz CT molecular complexity index is 229. The van der Waals surface area contributed by atoms with Crippen LogP contribution in [0.1, 0.15) is 66.2 Å². The van der Waals surface area contributed by atoms with Gasteiger partial charge in [-0.1, -0.05) is 13.8 Å². The molecule has 1 heterocycles. The average Bonchev–Trinajstić information content (AvgIpc) is 2.91. The molecule has 0 aromatic heterocycles. The number of rotatable bonds is 10.